The van der Waals surface area contributed by atoms with Gasteiger partial charge in [-0.25, -0.2) is 0 Å². The Morgan fingerprint density at radius 2 is 2.00 bits per heavy atom. The summed E-state index contributed by atoms with van der Waals surface area (Å²) in [5.41, 5.74) is 9.19. The molecule has 1 aliphatic heterocycles. The molecule has 1 unspecified atom stereocenters. The molecule has 1 amide bonds. The topological polar surface area (TPSA) is 55.6 Å². The molecule has 0 aliphatic carbocycles. The van der Waals surface area contributed by atoms with Crippen LogP contribution in [0.2, 0.25) is 0 Å². The number of amides is 1. The minimum atomic E-state index is 0. The molecule has 1 aliphatic rings. The normalized spacial score (nSPS) is 16.6. The van der Waals surface area contributed by atoms with E-state index in [1.165, 1.54) is 0 Å². The fraction of sp³-hybridized carbons (Fsp3) is 0.316. The molecule has 0 radical (unpaired) electrons. The lowest BCUT2D eigenvalue weighted by atomic mass is 10.0. The number of halogens is 1. The number of likely N-dealkylation sites (tertiary alicyclic amines) is 1. The van der Waals surface area contributed by atoms with Crippen LogP contribution in [0.5, 0.6) is 5.75 Å². The van der Waals surface area contributed by atoms with Crippen LogP contribution in [-0.4, -0.2) is 24.5 Å². The highest BCUT2D eigenvalue weighted by Gasteiger charge is 2.32. The first-order valence-electron chi connectivity index (χ1n) is 7.92. The molecule has 5 heteroatoms. The van der Waals surface area contributed by atoms with Crippen LogP contribution in [0.25, 0.3) is 0 Å². The molecule has 1 atom stereocenters. The van der Waals surface area contributed by atoms with Crippen LogP contribution in [-0.2, 0) is 0 Å². The maximum absolute atomic E-state index is 13.0. The van der Waals surface area contributed by atoms with Gasteiger partial charge in [-0.15, -0.1) is 12.4 Å². The molecule has 2 N–H and O–H groups in total. The summed E-state index contributed by atoms with van der Waals surface area (Å²) in [6, 6.07) is 13.5. The monoisotopic (exact) mass is 346 g/mol. The van der Waals surface area contributed by atoms with Gasteiger partial charge in [0.15, 0.2) is 0 Å². The summed E-state index contributed by atoms with van der Waals surface area (Å²) < 4.78 is 5.48. The number of methoxy groups -OCH3 is 1. The number of nitrogen functional groups attached to an aromatic ring is 1. The van der Waals surface area contributed by atoms with E-state index in [2.05, 4.69) is 0 Å². The van der Waals surface area contributed by atoms with Gasteiger partial charge < -0.3 is 15.4 Å². The van der Waals surface area contributed by atoms with E-state index in [1.54, 1.807) is 13.2 Å². The number of nitrogens with zero attached hydrogens (tertiary/aromatic N) is 1. The van der Waals surface area contributed by atoms with Crippen molar-refractivity contribution in [3.63, 3.8) is 0 Å². The molecule has 0 aromatic heterocycles. The van der Waals surface area contributed by atoms with Crippen LogP contribution in [0.1, 0.15) is 40.4 Å². The number of benzene rings is 2. The Kier molecular flexibility index (Phi) is 5.73. The first-order chi connectivity index (χ1) is 11.1. The van der Waals surface area contributed by atoms with Gasteiger partial charge in [-0.1, -0.05) is 24.3 Å². The zero-order chi connectivity index (χ0) is 16.4. The molecule has 2 aromatic rings. The Morgan fingerprint density at radius 3 is 2.75 bits per heavy atom. The van der Waals surface area contributed by atoms with Crippen LogP contribution in [0.15, 0.2) is 42.5 Å². The van der Waals surface area contributed by atoms with Gasteiger partial charge in [0, 0.05) is 23.4 Å². The van der Waals surface area contributed by atoms with Gasteiger partial charge >= 0.3 is 0 Å². The van der Waals surface area contributed by atoms with Gasteiger partial charge in [-0.2, -0.15) is 0 Å². The lowest BCUT2D eigenvalue weighted by Crippen LogP contribution is -2.31. The highest BCUT2D eigenvalue weighted by atomic mass is 35.5. The number of rotatable bonds is 3. The molecule has 2 aromatic carbocycles. The number of anilines is 1. The SMILES string of the molecule is COc1ccccc1C1CCCN1C(=O)c1cc(N)ccc1C.Cl. The van der Waals surface area contributed by atoms with E-state index >= 15 is 0 Å². The fourth-order valence-corrected chi connectivity index (χ4v) is 3.30. The maximum Gasteiger partial charge on any atom is 0.254 e. The van der Waals surface area contributed by atoms with Gasteiger partial charge in [0.25, 0.3) is 5.91 Å². The molecule has 1 fully saturated rings. The molecule has 1 saturated heterocycles. The highest BCUT2D eigenvalue weighted by Crippen LogP contribution is 2.38. The number of hydrogen-bond donors (Lipinski definition) is 1. The largest absolute Gasteiger partial charge is 0.496 e. The molecule has 1 heterocycles. The molecular formula is C19H23ClN2O2. The second kappa shape index (κ2) is 7.58. The molecular weight excluding hydrogens is 324 g/mol. The smallest absolute Gasteiger partial charge is 0.254 e. The van der Waals surface area contributed by atoms with Crippen molar-refractivity contribution in [2.24, 2.45) is 0 Å². The summed E-state index contributed by atoms with van der Waals surface area (Å²) in [4.78, 5) is 15.0. The third-order valence-electron chi connectivity index (χ3n) is 4.50. The van der Waals surface area contributed by atoms with Crippen molar-refractivity contribution in [3.8, 4) is 5.75 Å². The molecule has 24 heavy (non-hydrogen) atoms. The first kappa shape index (κ1) is 18.1. The summed E-state index contributed by atoms with van der Waals surface area (Å²) in [5, 5.41) is 0. The summed E-state index contributed by atoms with van der Waals surface area (Å²) in [7, 11) is 1.67. The second-order valence-electron chi connectivity index (χ2n) is 5.97. The van der Waals surface area contributed by atoms with E-state index in [0.717, 1.165) is 36.3 Å². The fourth-order valence-electron chi connectivity index (χ4n) is 3.30. The number of para-hydroxylation sites is 1. The van der Waals surface area contributed by atoms with Crippen LogP contribution < -0.4 is 10.5 Å². The summed E-state index contributed by atoms with van der Waals surface area (Å²) >= 11 is 0. The highest BCUT2D eigenvalue weighted by molar-refractivity contribution is 5.97. The van der Waals surface area contributed by atoms with E-state index in [4.69, 9.17) is 10.5 Å². The number of hydrogen-bond acceptors (Lipinski definition) is 3. The molecule has 128 valence electrons. The lowest BCUT2D eigenvalue weighted by molar-refractivity contribution is 0.0733. The Bertz CT molecular complexity index is 733. The van der Waals surface area contributed by atoms with Crippen LogP contribution in [0, 0.1) is 6.92 Å². The van der Waals surface area contributed by atoms with Crippen molar-refractivity contribution < 1.29 is 9.53 Å². The zero-order valence-corrected chi connectivity index (χ0v) is 14.8. The van der Waals surface area contributed by atoms with Crippen molar-refractivity contribution in [3.05, 3.63) is 59.2 Å². The van der Waals surface area contributed by atoms with Crippen molar-refractivity contribution in [2.45, 2.75) is 25.8 Å². The van der Waals surface area contributed by atoms with Crippen molar-refractivity contribution >= 4 is 24.0 Å². The lowest BCUT2D eigenvalue weighted by Gasteiger charge is -2.27. The molecule has 3 rings (SSSR count). The quantitative estimate of drug-likeness (QED) is 0.855. The molecule has 4 nitrogen and oxygen atoms in total. The second-order valence-corrected chi connectivity index (χ2v) is 5.97. The Balaban J connectivity index is 0.00000208. The van der Waals surface area contributed by atoms with E-state index in [1.807, 2.05) is 48.2 Å². The van der Waals surface area contributed by atoms with Gasteiger partial charge in [0.05, 0.1) is 13.2 Å². The molecule has 0 spiro atoms. The average Bonchev–Trinajstić information content (AvgIpc) is 3.05. The zero-order valence-electron chi connectivity index (χ0n) is 14.0. The third kappa shape index (κ3) is 3.34. The van der Waals surface area contributed by atoms with Gasteiger partial charge in [0.2, 0.25) is 0 Å². The number of carbonyl (C=O) groups is 1. The predicted molar refractivity (Wildman–Crippen MR) is 98.8 cm³/mol. The van der Waals surface area contributed by atoms with Crippen molar-refractivity contribution in [1.82, 2.24) is 4.90 Å². The van der Waals surface area contributed by atoms with E-state index in [-0.39, 0.29) is 24.4 Å². The van der Waals surface area contributed by atoms with Crippen LogP contribution >= 0.6 is 12.4 Å². The summed E-state index contributed by atoms with van der Waals surface area (Å²) in [5.74, 6) is 0.879. The molecule has 0 bridgehead atoms. The predicted octanol–water partition coefficient (Wildman–Crippen LogP) is 3.98. The van der Waals surface area contributed by atoms with Gasteiger partial charge in [0.1, 0.15) is 5.75 Å². The summed E-state index contributed by atoms with van der Waals surface area (Å²) in [6.07, 6.45) is 1.95. The third-order valence-corrected chi connectivity index (χ3v) is 4.50. The molecule has 0 saturated carbocycles. The van der Waals surface area contributed by atoms with Crippen LogP contribution in [0.3, 0.4) is 0 Å². The van der Waals surface area contributed by atoms with Crippen molar-refractivity contribution in [2.75, 3.05) is 19.4 Å². The Morgan fingerprint density at radius 1 is 1.25 bits per heavy atom. The number of ether oxygens (including phenoxy) is 1. The van der Waals surface area contributed by atoms with E-state index < -0.39 is 0 Å². The Hall–Kier alpha value is -2.20. The minimum absolute atomic E-state index is 0. The van der Waals surface area contributed by atoms with E-state index in [9.17, 15) is 4.79 Å². The first-order valence-corrected chi connectivity index (χ1v) is 7.92. The standard InChI is InChI=1S/C19H22N2O2.ClH/c1-13-9-10-14(20)12-16(13)19(22)21-11-5-7-17(21)15-6-3-4-8-18(15)23-2;/h3-4,6,8-10,12,17H,5,7,11,20H2,1-2H3;1H. The van der Waals surface area contributed by atoms with Crippen LogP contribution in [0.4, 0.5) is 5.69 Å². The van der Waals surface area contributed by atoms with Gasteiger partial charge in [-0.3, -0.25) is 4.79 Å². The van der Waals surface area contributed by atoms with Gasteiger partial charge in [-0.05, 0) is 43.5 Å². The number of carbonyl (C=O) groups excluding carboxylic acids is 1. The minimum Gasteiger partial charge on any atom is -0.496 e. The van der Waals surface area contributed by atoms with E-state index in [0.29, 0.717) is 11.3 Å². The Labute approximate surface area is 149 Å². The number of aryl methyl sites for hydroxylation is 1. The van der Waals surface area contributed by atoms with Crippen molar-refractivity contribution in [1.29, 1.82) is 0 Å². The maximum atomic E-state index is 13.0. The average molecular weight is 347 g/mol. The number of nitrogens with two attached hydrogens (primary N) is 1. The summed E-state index contributed by atoms with van der Waals surface area (Å²) in [6.45, 7) is 2.70.